The molecular weight excluding hydrogens is 244 g/mol. The van der Waals surface area contributed by atoms with Gasteiger partial charge in [0.2, 0.25) is 0 Å². The third-order valence-corrected chi connectivity index (χ3v) is 3.97. The number of hydrogen-bond acceptors (Lipinski definition) is 1. The minimum Gasteiger partial charge on any atom is -0.303 e. The summed E-state index contributed by atoms with van der Waals surface area (Å²) in [5, 5.41) is 0. The Morgan fingerprint density at radius 2 is 2.00 bits per heavy atom. The summed E-state index contributed by atoms with van der Waals surface area (Å²) >= 11 is 0. The summed E-state index contributed by atoms with van der Waals surface area (Å²) in [6.45, 7) is 2.90. The molecule has 1 aliphatic rings. The molecule has 1 atom stereocenters. The molecule has 0 bridgehead atoms. The van der Waals surface area contributed by atoms with E-state index < -0.39 is 0 Å². The lowest BCUT2D eigenvalue weighted by atomic mass is 9.91. The van der Waals surface area contributed by atoms with Crippen LogP contribution in [0.2, 0.25) is 0 Å². The minimum atomic E-state index is -0.212. The monoisotopic (exact) mass is 267 g/mol. The van der Waals surface area contributed by atoms with Gasteiger partial charge in [0.05, 0.1) is 6.67 Å². The van der Waals surface area contributed by atoms with E-state index in [0.717, 1.165) is 32.5 Å². The molecule has 3 heteroatoms. The fourth-order valence-corrected chi connectivity index (χ4v) is 2.90. The second-order valence-corrected chi connectivity index (χ2v) is 5.52. The van der Waals surface area contributed by atoms with Crippen molar-refractivity contribution in [3.8, 4) is 0 Å². The standard InChI is InChI=1S/C16H23F2N/c17-10-2-12-19-11-1-3-15(13-19)5-4-14-6-8-16(18)9-7-14/h6-9,15H,1-5,10-13H2. The van der Waals surface area contributed by atoms with Crippen molar-refractivity contribution in [2.45, 2.75) is 32.1 Å². The number of halogens is 2. The number of piperidine rings is 1. The molecule has 0 N–H and O–H groups in total. The summed E-state index contributed by atoms with van der Waals surface area (Å²) in [6, 6.07) is 6.81. The Kier molecular flexibility index (Phi) is 5.77. The summed E-state index contributed by atoms with van der Waals surface area (Å²) in [6.07, 6.45) is 5.32. The fourth-order valence-electron chi connectivity index (χ4n) is 2.90. The number of hydrogen-bond donors (Lipinski definition) is 0. The van der Waals surface area contributed by atoms with Gasteiger partial charge in [0.25, 0.3) is 0 Å². The van der Waals surface area contributed by atoms with Gasteiger partial charge in [-0.1, -0.05) is 12.1 Å². The molecule has 1 heterocycles. The lowest BCUT2D eigenvalue weighted by Gasteiger charge is -2.32. The lowest BCUT2D eigenvalue weighted by Crippen LogP contribution is -2.36. The van der Waals surface area contributed by atoms with Gasteiger partial charge in [-0.15, -0.1) is 0 Å². The number of nitrogens with zero attached hydrogens (tertiary/aromatic N) is 1. The molecular formula is C16H23F2N. The zero-order valence-electron chi connectivity index (χ0n) is 11.5. The third kappa shape index (κ3) is 4.90. The van der Waals surface area contributed by atoms with Crippen LogP contribution < -0.4 is 0 Å². The van der Waals surface area contributed by atoms with Crippen LogP contribution in [0.25, 0.3) is 0 Å². The first-order chi connectivity index (χ1) is 9.28. The van der Waals surface area contributed by atoms with Gasteiger partial charge in [-0.3, -0.25) is 4.39 Å². The molecule has 0 spiro atoms. The van der Waals surface area contributed by atoms with Crippen molar-refractivity contribution < 1.29 is 8.78 Å². The predicted octanol–water partition coefficient (Wildman–Crippen LogP) is 3.83. The molecule has 1 aliphatic heterocycles. The molecule has 1 aromatic rings. The van der Waals surface area contributed by atoms with Crippen LogP contribution in [-0.4, -0.2) is 31.2 Å². The molecule has 0 amide bonds. The van der Waals surface area contributed by atoms with E-state index in [1.807, 2.05) is 12.1 Å². The number of aryl methyl sites for hydroxylation is 1. The number of rotatable bonds is 6. The maximum absolute atomic E-state index is 12.8. The number of alkyl halides is 1. The second-order valence-electron chi connectivity index (χ2n) is 5.52. The number of likely N-dealkylation sites (tertiary alicyclic amines) is 1. The van der Waals surface area contributed by atoms with Gasteiger partial charge in [0, 0.05) is 13.1 Å². The maximum Gasteiger partial charge on any atom is 0.123 e. The van der Waals surface area contributed by atoms with E-state index in [1.165, 1.54) is 30.5 Å². The highest BCUT2D eigenvalue weighted by molar-refractivity contribution is 5.16. The highest BCUT2D eigenvalue weighted by atomic mass is 19.1. The second kappa shape index (κ2) is 7.59. The first-order valence-electron chi connectivity index (χ1n) is 7.30. The van der Waals surface area contributed by atoms with Crippen LogP contribution in [0.1, 0.15) is 31.2 Å². The highest BCUT2D eigenvalue weighted by Gasteiger charge is 2.19. The minimum absolute atomic E-state index is 0.168. The molecule has 0 saturated carbocycles. The SMILES string of the molecule is FCCCN1CCCC(CCc2ccc(F)cc2)C1. The van der Waals surface area contributed by atoms with E-state index in [4.69, 9.17) is 0 Å². The maximum atomic E-state index is 12.8. The molecule has 106 valence electrons. The van der Waals surface area contributed by atoms with Crippen molar-refractivity contribution in [2.24, 2.45) is 5.92 Å². The van der Waals surface area contributed by atoms with Crippen molar-refractivity contribution in [3.05, 3.63) is 35.6 Å². The molecule has 1 aromatic carbocycles. The van der Waals surface area contributed by atoms with E-state index in [0.29, 0.717) is 12.3 Å². The van der Waals surface area contributed by atoms with Gasteiger partial charge in [0.15, 0.2) is 0 Å². The van der Waals surface area contributed by atoms with Crippen molar-refractivity contribution in [2.75, 3.05) is 26.3 Å². The van der Waals surface area contributed by atoms with Crippen LogP contribution in [0.5, 0.6) is 0 Å². The topological polar surface area (TPSA) is 3.24 Å². The van der Waals surface area contributed by atoms with Crippen LogP contribution in [0.4, 0.5) is 8.78 Å². The van der Waals surface area contributed by atoms with Gasteiger partial charge in [-0.05, 0) is 62.3 Å². The van der Waals surface area contributed by atoms with Gasteiger partial charge >= 0.3 is 0 Å². The Morgan fingerprint density at radius 3 is 2.74 bits per heavy atom. The number of benzene rings is 1. The summed E-state index contributed by atoms with van der Waals surface area (Å²) in [5.74, 6) is 0.539. The lowest BCUT2D eigenvalue weighted by molar-refractivity contribution is 0.163. The third-order valence-electron chi connectivity index (χ3n) is 3.97. The molecule has 1 saturated heterocycles. The average molecular weight is 267 g/mol. The molecule has 1 nitrogen and oxygen atoms in total. The van der Waals surface area contributed by atoms with Crippen LogP contribution >= 0.6 is 0 Å². The van der Waals surface area contributed by atoms with E-state index in [1.54, 1.807) is 0 Å². The van der Waals surface area contributed by atoms with Crippen LogP contribution in [0, 0.1) is 11.7 Å². The fraction of sp³-hybridized carbons (Fsp3) is 0.625. The van der Waals surface area contributed by atoms with Gasteiger partial charge in [0.1, 0.15) is 5.82 Å². The first kappa shape index (κ1) is 14.4. The first-order valence-corrected chi connectivity index (χ1v) is 7.30. The molecule has 1 unspecified atom stereocenters. The van der Waals surface area contributed by atoms with Crippen molar-refractivity contribution in [3.63, 3.8) is 0 Å². The van der Waals surface area contributed by atoms with Crippen LogP contribution in [0.3, 0.4) is 0 Å². The van der Waals surface area contributed by atoms with Crippen LogP contribution in [-0.2, 0) is 6.42 Å². The highest BCUT2D eigenvalue weighted by Crippen LogP contribution is 2.21. The van der Waals surface area contributed by atoms with Crippen molar-refractivity contribution in [1.29, 1.82) is 0 Å². The largest absolute Gasteiger partial charge is 0.303 e. The Balaban J connectivity index is 1.74. The van der Waals surface area contributed by atoms with Crippen LogP contribution in [0.15, 0.2) is 24.3 Å². The quantitative estimate of drug-likeness (QED) is 0.757. The summed E-state index contributed by atoms with van der Waals surface area (Å²) in [4.78, 5) is 2.39. The van der Waals surface area contributed by atoms with Crippen molar-refractivity contribution in [1.82, 2.24) is 4.90 Å². The Morgan fingerprint density at radius 1 is 1.21 bits per heavy atom. The van der Waals surface area contributed by atoms with Crippen molar-refractivity contribution >= 4 is 0 Å². The smallest absolute Gasteiger partial charge is 0.123 e. The van der Waals surface area contributed by atoms with E-state index >= 15 is 0 Å². The summed E-state index contributed by atoms with van der Waals surface area (Å²) in [7, 11) is 0. The average Bonchev–Trinajstić information content (AvgIpc) is 2.45. The Bertz CT molecular complexity index is 364. The predicted molar refractivity (Wildman–Crippen MR) is 74.5 cm³/mol. The zero-order valence-corrected chi connectivity index (χ0v) is 11.5. The van der Waals surface area contributed by atoms with Gasteiger partial charge in [-0.25, -0.2) is 4.39 Å². The van der Waals surface area contributed by atoms with Gasteiger partial charge < -0.3 is 4.90 Å². The zero-order chi connectivity index (χ0) is 13.5. The van der Waals surface area contributed by atoms with E-state index in [2.05, 4.69) is 4.90 Å². The molecule has 0 radical (unpaired) electrons. The Hall–Kier alpha value is -0.960. The van der Waals surface area contributed by atoms with E-state index in [-0.39, 0.29) is 12.5 Å². The molecule has 1 fully saturated rings. The summed E-state index contributed by atoms with van der Waals surface area (Å²) in [5.41, 5.74) is 1.21. The normalized spacial score (nSPS) is 20.6. The molecule has 19 heavy (non-hydrogen) atoms. The summed E-state index contributed by atoms with van der Waals surface area (Å²) < 4.78 is 25.0. The molecule has 2 rings (SSSR count). The Labute approximate surface area is 114 Å². The molecule has 0 aliphatic carbocycles. The molecule has 0 aromatic heterocycles. The van der Waals surface area contributed by atoms with Gasteiger partial charge in [-0.2, -0.15) is 0 Å². The van der Waals surface area contributed by atoms with E-state index in [9.17, 15) is 8.78 Å².